The molecule has 0 fully saturated rings. The molecule has 0 amide bonds. The molecule has 0 aliphatic rings. The van der Waals surface area contributed by atoms with Crippen molar-refractivity contribution in [3.05, 3.63) is 29.8 Å². The van der Waals surface area contributed by atoms with Gasteiger partial charge in [0.2, 0.25) is 0 Å². The van der Waals surface area contributed by atoms with Crippen molar-refractivity contribution < 1.29 is 23.1 Å². The van der Waals surface area contributed by atoms with Crippen LogP contribution >= 0.6 is 12.0 Å². The van der Waals surface area contributed by atoms with Crippen LogP contribution < -0.4 is 5.32 Å². The number of rotatable bonds is 17. The number of hydrogen-bond donors (Lipinski definition) is 1. The molecule has 1 rings (SSSR count). The van der Waals surface area contributed by atoms with Gasteiger partial charge in [-0.15, -0.1) is 0 Å². The fourth-order valence-corrected chi connectivity index (χ4v) is 2.27. The number of hydrogen-bond acceptors (Lipinski definition) is 7. The zero-order valence-electron chi connectivity index (χ0n) is 15.3. The summed E-state index contributed by atoms with van der Waals surface area (Å²) in [5.41, 5.74) is 1.25. The average Bonchev–Trinajstić information content (AvgIpc) is 2.63. The topological polar surface area (TPSA) is 58.2 Å². The predicted molar refractivity (Wildman–Crippen MR) is 100 cm³/mol. The maximum Gasteiger partial charge on any atom is 0.0852 e. The zero-order chi connectivity index (χ0) is 18.0. The number of benzene rings is 1. The van der Waals surface area contributed by atoms with Gasteiger partial charge in [-0.25, -0.2) is 0 Å². The Hall–Kier alpha value is -0.670. The van der Waals surface area contributed by atoms with Crippen LogP contribution in [0.4, 0.5) is 0 Å². The van der Waals surface area contributed by atoms with Gasteiger partial charge in [0.05, 0.1) is 59.5 Å². The molecular formula is C18H31NO5S. The maximum absolute atomic E-state index is 5.48. The van der Waals surface area contributed by atoms with Crippen LogP contribution in [0.5, 0.6) is 0 Å². The second-order valence-corrected chi connectivity index (χ2v) is 6.15. The van der Waals surface area contributed by atoms with E-state index in [1.54, 1.807) is 0 Å². The molecule has 0 atom stereocenters. The standard InChI is InChI=1S/C18H31NO5S/c1-17-3-5-18(6-4-17)25-24-16-15-23-14-13-22-12-11-21-10-9-20-8-7-19-2/h3-6,19H,7-16H2,1-2H3. The fourth-order valence-electron chi connectivity index (χ4n) is 1.73. The van der Waals surface area contributed by atoms with Gasteiger partial charge in [0.25, 0.3) is 0 Å². The molecule has 1 N–H and O–H groups in total. The SMILES string of the molecule is CNCCOCCOCCOCCOCCOSc1ccc(C)cc1. The van der Waals surface area contributed by atoms with Crippen molar-refractivity contribution in [2.75, 3.05) is 73.1 Å². The summed E-state index contributed by atoms with van der Waals surface area (Å²) in [6.07, 6.45) is 0. The lowest BCUT2D eigenvalue weighted by molar-refractivity contribution is -0.00362. The first-order chi connectivity index (χ1) is 12.3. The van der Waals surface area contributed by atoms with E-state index in [9.17, 15) is 0 Å². The molecule has 0 spiro atoms. The van der Waals surface area contributed by atoms with E-state index in [0.29, 0.717) is 59.5 Å². The molecule has 144 valence electrons. The third-order valence-electron chi connectivity index (χ3n) is 3.10. The zero-order valence-corrected chi connectivity index (χ0v) is 16.1. The number of likely N-dealkylation sites (N-methyl/N-ethyl adjacent to an activating group) is 1. The van der Waals surface area contributed by atoms with Gasteiger partial charge in [0, 0.05) is 23.5 Å². The van der Waals surface area contributed by atoms with E-state index in [4.69, 9.17) is 23.1 Å². The molecule has 0 saturated carbocycles. The Kier molecular flexibility index (Phi) is 15.0. The van der Waals surface area contributed by atoms with Crippen molar-refractivity contribution in [3.63, 3.8) is 0 Å². The van der Waals surface area contributed by atoms with Crippen molar-refractivity contribution in [3.8, 4) is 0 Å². The van der Waals surface area contributed by atoms with Crippen LogP contribution in [0.15, 0.2) is 29.2 Å². The molecule has 0 heterocycles. The molecule has 0 aromatic heterocycles. The quantitative estimate of drug-likeness (QED) is 0.332. The third kappa shape index (κ3) is 14.2. The Bertz CT molecular complexity index is 405. The van der Waals surface area contributed by atoms with Gasteiger partial charge in [-0.2, -0.15) is 0 Å². The molecule has 1 aromatic rings. The molecule has 0 saturated heterocycles. The van der Waals surface area contributed by atoms with E-state index in [1.807, 2.05) is 19.2 Å². The second-order valence-electron chi connectivity index (χ2n) is 5.27. The lowest BCUT2D eigenvalue weighted by Gasteiger charge is -2.07. The summed E-state index contributed by atoms with van der Waals surface area (Å²) in [5.74, 6) is 0. The third-order valence-corrected chi connectivity index (χ3v) is 3.85. The highest BCUT2D eigenvalue weighted by Crippen LogP contribution is 2.18. The Morgan fingerprint density at radius 2 is 1.20 bits per heavy atom. The summed E-state index contributed by atoms with van der Waals surface area (Å²) in [4.78, 5) is 1.10. The molecule has 0 bridgehead atoms. The normalized spacial score (nSPS) is 11.1. The van der Waals surface area contributed by atoms with E-state index in [0.717, 1.165) is 11.4 Å². The first kappa shape index (κ1) is 22.4. The molecule has 1 aromatic carbocycles. The van der Waals surface area contributed by atoms with Crippen LogP contribution in [0, 0.1) is 6.92 Å². The fraction of sp³-hybridized carbons (Fsp3) is 0.667. The van der Waals surface area contributed by atoms with Crippen molar-refractivity contribution in [1.82, 2.24) is 5.32 Å². The highest BCUT2D eigenvalue weighted by atomic mass is 32.2. The number of ether oxygens (including phenoxy) is 4. The van der Waals surface area contributed by atoms with Crippen molar-refractivity contribution >= 4 is 12.0 Å². The second kappa shape index (κ2) is 16.8. The minimum Gasteiger partial charge on any atom is -0.378 e. The summed E-state index contributed by atoms with van der Waals surface area (Å²) in [6, 6.07) is 8.23. The highest BCUT2D eigenvalue weighted by molar-refractivity contribution is 7.94. The van der Waals surface area contributed by atoms with E-state index >= 15 is 0 Å². The predicted octanol–water partition coefficient (Wildman–Crippen LogP) is 2.30. The summed E-state index contributed by atoms with van der Waals surface area (Å²) < 4.78 is 27.1. The lowest BCUT2D eigenvalue weighted by atomic mass is 10.2. The molecule has 0 aliphatic carbocycles. The molecule has 7 heteroatoms. The Morgan fingerprint density at radius 3 is 1.72 bits per heavy atom. The Labute approximate surface area is 155 Å². The van der Waals surface area contributed by atoms with E-state index in [2.05, 4.69) is 24.4 Å². The van der Waals surface area contributed by atoms with Crippen molar-refractivity contribution in [2.45, 2.75) is 11.8 Å². The van der Waals surface area contributed by atoms with Gasteiger partial charge in [-0.3, -0.25) is 0 Å². The van der Waals surface area contributed by atoms with Gasteiger partial charge < -0.3 is 28.4 Å². The summed E-state index contributed by atoms with van der Waals surface area (Å²) in [6.45, 7) is 8.23. The first-order valence-electron chi connectivity index (χ1n) is 8.64. The highest BCUT2D eigenvalue weighted by Gasteiger charge is 1.96. The summed E-state index contributed by atoms with van der Waals surface area (Å²) >= 11 is 1.37. The minimum atomic E-state index is 0.551. The largest absolute Gasteiger partial charge is 0.378 e. The Balaban J connectivity index is 1.74. The van der Waals surface area contributed by atoms with Crippen LogP contribution in [-0.4, -0.2) is 73.1 Å². The van der Waals surface area contributed by atoms with Crippen LogP contribution in [-0.2, 0) is 23.1 Å². The summed E-state index contributed by atoms with van der Waals surface area (Å²) in [7, 11) is 1.90. The molecule has 0 aliphatic heterocycles. The van der Waals surface area contributed by atoms with Gasteiger partial charge in [-0.1, -0.05) is 17.7 Å². The van der Waals surface area contributed by atoms with E-state index < -0.39 is 0 Å². The molecule has 6 nitrogen and oxygen atoms in total. The number of nitrogens with one attached hydrogen (secondary N) is 1. The van der Waals surface area contributed by atoms with Crippen molar-refractivity contribution in [2.24, 2.45) is 0 Å². The molecule has 0 radical (unpaired) electrons. The lowest BCUT2D eigenvalue weighted by Crippen LogP contribution is -2.17. The summed E-state index contributed by atoms with van der Waals surface area (Å²) in [5, 5.41) is 3.02. The molecule has 25 heavy (non-hydrogen) atoms. The average molecular weight is 374 g/mol. The van der Waals surface area contributed by atoms with Crippen LogP contribution in [0.25, 0.3) is 0 Å². The van der Waals surface area contributed by atoms with Gasteiger partial charge in [-0.05, 0) is 26.1 Å². The number of aryl methyl sites for hydroxylation is 1. The maximum atomic E-state index is 5.48. The molecular weight excluding hydrogens is 342 g/mol. The smallest absolute Gasteiger partial charge is 0.0852 e. The van der Waals surface area contributed by atoms with E-state index in [-0.39, 0.29) is 0 Å². The van der Waals surface area contributed by atoms with Crippen molar-refractivity contribution in [1.29, 1.82) is 0 Å². The minimum absolute atomic E-state index is 0.551. The van der Waals surface area contributed by atoms with Gasteiger partial charge in [0.15, 0.2) is 0 Å². The van der Waals surface area contributed by atoms with Gasteiger partial charge >= 0.3 is 0 Å². The van der Waals surface area contributed by atoms with Crippen LogP contribution in [0.2, 0.25) is 0 Å². The van der Waals surface area contributed by atoms with Crippen LogP contribution in [0.3, 0.4) is 0 Å². The monoisotopic (exact) mass is 373 g/mol. The first-order valence-corrected chi connectivity index (χ1v) is 9.39. The Morgan fingerprint density at radius 1 is 0.720 bits per heavy atom. The van der Waals surface area contributed by atoms with E-state index in [1.165, 1.54) is 17.6 Å². The van der Waals surface area contributed by atoms with Crippen LogP contribution in [0.1, 0.15) is 5.56 Å². The molecule has 0 unspecified atom stereocenters. The van der Waals surface area contributed by atoms with Gasteiger partial charge in [0.1, 0.15) is 0 Å².